The van der Waals surface area contributed by atoms with Crippen molar-refractivity contribution in [3.05, 3.63) is 48.6 Å². The van der Waals surface area contributed by atoms with E-state index in [1.807, 2.05) is 4.90 Å². The Labute approximate surface area is 279 Å². The van der Waals surface area contributed by atoms with Crippen LogP contribution in [0.15, 0.2) is 48.6 Å². The molecule has 0 aliphatic carbocycles. The second-order valence-electron chi connectivity index (χ2n) is 13.1. The quantitative estimate of drug-likeness (QED) is 0.0638. The lowest BCUT2D eigenvalue weighted by Gasteiger charge is -2.24. The largest absolute Gasteiger partial charge is 0.354 e. The minimum Gasteiger partial charge on any atom is -0.354 e. The van der Waals surface area contributed by atoms with E-state index in [-0.39, 0.29) is 17.9 Å². The molecule has 1 aliphatic rings. The van der Waals surface area contributed by atoms with E-state index >= 15 is 0 Å². The molecule has 0 bridgehead atoms. The number of likely N-dealkylation sites (tertiary alicyclic amines) is 1. The van der Waals surface area contributed by atoms with Crippen molar-refractivity contribution in [2.45, 2.75) is 187 Å². The SMILES string of the molecule is CCCCC/C=C\C/C=C\CCCCCCCCNC(=O)C1CCCN1C(=O)CCCCCCC/C=C\C/C=C\CCCCC. The van der Waals surface area contributed by atoms with E-state index in [2.05, 4.69) is 67.8 Å². The van der Waals surface area contributed by atoms with Crippen LogP contribution in [0.3, 0.4) is 0 Å². The molecule has 1 unspecified atom stereocenters. The Morgan fingerprint density at radius 2 is 1.02 bits per heavy atom. The van der Waals surface area contributed by atoms with Crippen molar-refractivity contribution in [1.29, 1.82) is 0 Å². The zero-order valence-electron chi connectivity index (χ0n) is 29.8. The standard InChI is InChI=1S/C41H72N2O2/c1-3-5-7-9-11-13-15-17-19-21-23-25-27-29-31-33-37-42-41(45)39-35-34-38-43(39)40(44)36-32-30-28-26-24-22-20-18-16-14-12-10-8-6-4-2/h11-14,17-20,39H,3-10,15-16,21-38H2,1-2H3,(H,42,45)/b13-11-,14-12-,19-17-,20-18-. The molecule has 4 heteroatoms. The summed E-state index contributed by atoms with van der Waals surface area (Å²) in [5.74, 6) is 0.232. The summed E-state index contributed by atoms with van der Waals surface area (Å²) in [6, 6.07) is -0.250. The highest BCUT2D eigenvalue weighted by molar-refractivity contribution is 5.88. The fourth-order valence-corrected chi connectivity index (χ4v) is 6.01. The Bertz CT molecular complexity index is 812. The minimum atomic E-state index is -0.250. The number of allylic oxidation sites excluding steroid dienone is 8. The van der Waals surface area contributed by atoms with Crippen molar-refractivity contribution in [2.75, 3.05) is 13.1 Å². The molecule has 0 radical (unpaired) electrons. The predicted molar refractivity (Wildman–Crippen MR) is 196 cm³/mol. The van der Waals surface area contributed by atoms with Crippen LogP contribution in [-0.4, -0.2) is 35.8 Å². The molecule has 0 aromatic carbocycles. The van der Waals surface area contributed by atoms with Crippen LogP contribution in [0.1, 0.15) is 181 Å². The Morgan fingerprint density at radius 3 is 1.53 bits per heavy atom. The third-order valence-corrected chi connectivity index (χ3v) is 8.89. The van der Waals surface area contributed by atoms with Crippen LogP contribution < -0.4 is 5.32 Å². The van der Waals surface area contributed by atoms with Crippen LogP contribution >= 0.6 is 0 Å². The molecule has 1 saturated heterocycles. The first kappa shape index (κ1) is 40.9. The van der Waals surface area contributed by atoms with Gasteiger partial charge in [0.25, 0.3) is 0 Å². The fourth-order valence-electron chi connectivity index (χ4n) is 6.01. The number of unbranched alkanes of at least 4 members (excludes halogenated alkanes) is 17. The summed E-state index contributed by atoms with van der Waals surface area (Å²) >= 11 is 0. The third-order valence-electron chi connectivity index (χ3n) is 8.89. The molecule has 1 fully saturated rings. The molecule has 1 heterocycles. The van der Waals surface area contributed by atoms with Gasteiger partial charge in [-0.25, -0.2) is 0 Å². The smallest absolute Gasteiger partial charge is 0.242 e. The topological polar surface area (TPSA) is 49.4 Å². The van der Waals surface area contributed by atoms with Crippen LogP contribution in [0.2, 0.25) is 0 Å². The van der Waals surface area contributed by atoms with Gasteiger partial charge in [0.2, 0.25) is 11.8 Å². The molecule has 0 saturated carbocycles. The zero-order chi connectivity index (χ0) is 32.5. The fraction of sp³-hybridized carbons (Fsp3) is 0.756. The summed E-state index contributed by atoms with van der Waals surface area (Å²) in [6.07, 6.45) is 48.6. The van der Waals surface area contributed by atoms with Gasteiger partial charge in [-0.05, 0) is 89.9 Å². The van der Waals surface area contributed by atoms with Crippen molar-refractivity contribution < 1.29 is 9.59 Å². The number of carbonyl (C=O) groups excluding carboxylic acids is 2. The monoisotopic (exact) mass is 625 g/mol. The van der Waals surface area contributed by atoms with Gasteiger partial charge < -0.3 is 10.2 Å². The number of hydrogen-bond acceptors (Lipinski definition) is 2. The second-order valence-corrected chi connectivity index (χ2v) is 13.1. The van der Waals surface area contributed by atoms with Gasteiger partial charge in [-0.1, -0.05) is 133 Å². The van der Waals surface area contributed by atoms with Gasteiger partial charge >= 0.3 is 0 Å². The van der Waals surface area contributed by atoms with E-state index in [4.69, 9.17) is 0 Å². The number of carbonyl (C=O) groups is 2. The number of nitrogens with one attached hydrogen (secondary N) is 1. The normalized spacial score (nSPS) is 15.5. The van der Waals surface area contributed by atoms with Gasteiger partial charge in [-0.2, -0.15) is 0 Å². The summed E-state index contributed by atoms with van der Waals surface area (Å²) in [6.45, 7) is 5.97. The number of nitrogens with zero attached hydrogens (tertiary/aromatic N) is 1. The first-order chi connectivity index (χ1) is 22.2. The van der Waals surface area contributed by atoms with Gasteiger partial charge in [-0.3, -0.25) is 9.59 Å². The van der Waals surface area contributed by atoms with Gasteiger partial charge in [-0.15, -0.1) is 0 Å². The molecular formula is C41H72N2O2. The Balaban J connectivity index is 1.98. The van der Waals surface area contributed by atoms with Gasteiger partial charge in [0, 0.05) is 19.5 Å². The van der Waals surface area contributed by atoms with E-state index in [1.54, 1.807) is 0 Å². The lowest BCUT2D eigenvalue weighted by Crippen LogP contribution is -2.46. The van der Waals surface area contributed by atoms with Crippen molar-refractivity contribution in [1.82, 2.24) is 10.2 Å². The van der Waals surface area contributed by atoms with E-state index in [9.17, 15) is 9.59 Å². The Hall–Kier alpha value is -2.10. The van der Waals surface area contributed by atoms with Crippen molar-refractivity contribution >= 4 is 11.8 Å². The Morgan fingerprint density at radius 1 is 0.578 bits per heavy atom. The number of hydrogen-bond donors (Lipinski definition) is 1. The van der Waals surface area contributed by atoms with Crippen LogP contribution in [0.25, 0.3) is 0 Å². The molecule has 0 spiro atoms. The van der Waals surface area contributed by atoms with Crippen LogP contribution in [0, 0.1) is 0 Å². The molecular weight excluding hydrogens is 552 g/mol. The molecule has 1 N–H and O–H groups in total. The minimum absolute atomic E-state index is 0.0588. The van der Waals surface area contributed by atoms with Crippen LogP contribution in [-0.2, 0) is 9.59 Å². The van der Waals surface area contributed by atoms with E-state index in [0.29, 0.717) is 6.42 Å². The average molecular weight is 625 g/mol. The summed E-state index contributed by atoms with van der Waals surface area (Å²) in [7, 11) is 0. The summed E-state index contributed by atoms with van der Waals surface area (Å²) in [4.78, 5) is 27.5. The summed E-state index contributed by atoms with van der Waals surface area (Å²) in [5.41, 5.74) is 0. The molecule has 0 aromatic heterocycles. The molecule has 4 nitrogen and oxygen atoms in total. The van der Waals surface area contributed by atoms with Gasteiger partial charge in [0.1, 0.15) is 6.04 Å². The lowest BCUT2D eigenvalue weighted by atomic mass is 10.1. The molecule has 258 valence electrons. The lowest BCUT2D eigenvalue weighted by molar-refractivity contribution is -0.138. The molecule has 1 atom stereocenters. The van der Waals surface area contributed by atoms with Crippen molar-refractivity contribution in [3.63, 3.8) is 0 Å². The van der Waals surface area contributed by atoms with Gasteiger partial charge in [0.15, 0.2) is 0 Å². The van der Waals surface area contributed by atoms with Crippen LogP contribution in [0.5, 0.6) is 0 Å². The first-order valence-electron chi connectivity index (χ1n) is 19.4. The maximum Gasteiger partial charge on any atom is 0.242 e. The average Bonchev–Trinajstić information content (AvgIpc) is 3.55. The molecule has 1 rings (SSSR count). The molecule has 1 aliphatic heterocycles. The van der Waals surface area contributed by atoms with Crippen molar-refractivity contribution in [3.8, 4) is 0 Å². The maximum atomic E-state index is 12.9. The number of rotatable bonds is 30. The maximum absolute atomic E-state index is 12.9. The molecule has 45 heavy (non-hydrogen) atoms. The third kappa shape index (κ3) is 24.8. The highest BCUT2D eigenvalue weighted by Gasteiger charge is 2.33. The zero-order valence-corrected chi connectivity index (χ0v) is 29.8. The molecule has 0 aromatic rings. The highest BCUT2D eigenvalue weighted by Crippen LogP contribution is 2.20. The number of amides is 2. The van der Waals surface area contributed by atoms with E-state index < -0.39 is 0 Å². The molecule has 2 amide bonds. The predicted octanol–water partition coefficient (Wildman–Crippen LogP) is 11.7. The van der Waals surface area contributed by atoms with Gasteiger partial charge in [0.05, 0.1) is 0 Å². The van der Waals surface area contributed by atoms with Crippen molar-refractivity contribution in [2.24, 2.45) is 0 Å². The second kappa shape index (κ2) is 31.9. The van der Waals surface area contributed by atoms with Crippen LogP contribution in [0.4, 0.5) is 0 Å². The summed E-state index contributed by atoms with van der Waals surface area (Å²) in [5, 5.41) is 3.12. The Kier molecular flexibility index (Phi) is 29.0. The first-order valence-corrected chi connectivity index (χ1v) is 19.4. The highest BCUT2D eigenvalue weighted by atomic mass is 16.2. The summed E-state index contributed by atoms with van der Waals surface area (Å²) < 4.78 is 0. The van der Waals surface area contributed by atoms with E-state index in [1.165, 1.54) is 109 Å². The van der Waals surface area contributed by atoms with E-state index in [0.717, 1.165) is 64.5 Å².